The fourth-order valence-corrected chi connectivity index (χ4v) is 3.94. The van der Waals surface area contributed by atoms with E-state index in [1.807, 2.05) is 31.2 Å². The van der Waals surface area contributed by atoms with E-state index >= 15 is 0 Å². The number of nitrogens with one attached hydrogen (secondary N) is 1. The lowest BCUT2D eigenvalue weighted by Gasteiger charge is -2.35. The highest BCUT2D eigenvalue weighted by atomic mass is 19.1. The molecule has 1 unspecified atom stereocenters. The van der Waals surface area contributed by atoms with E-state index in [-0.39, 0.29) is 30.4 Å². The molecule has 0 fully saturated rings. The molecule has 1 atom stereocenters. The largest absolute Gasteiger partial charge is 0.492 e. The minimum Gasteiger partial charge on any atom is -0.492 e. The van der Waals surface area contributed by atoms with Gasteiger partial charge < -0.3 is 24.4 Å². The summed E-state index contributed by atoms with van der Waals surface area (Å²) < 4.78 is 32.3. The van der Waals surface area contributed by atoms with Gasteiger partial charge in [0.1, 0.15) is 36.1 Å². The minimum absolute atomic E-state index is 0.0395. The van der Waals surface area contributed by atoms with Crippen molar-refractivity contribution < 1.29 is 33.0 Å². The summed E-state index contributed by atoms with van der Waals surface area (Å²) in [7, 11) is 1.67. The van der Waals surface area contributed by atoms with E-state index in [0.29, 0.717) is 18.8 Å². The van der Waals surface area contributed by atoms with Gasteiger partial charge in [-0.1, -0.05) is 17.7 Å². The Bertz CT molecular complexity index is 1400. The molecule has 0 bridgehead atoms. The van der Waals surface area contributed by atoms with Gasteiger partial charge in [0.2, 0.25) is 5.91 Å². The van der Waals surface area contributed by atoms with E-state index in [4.69, 9.17) is 14.2 Å². The van der Waals surface area contributed by atoms with Crippen LogP contribution in [0.15, 0.2) is 54.9 Å². The van der Waals surface area contributed by atoms with E-state index in [1.54, 1.807) is 27.8 Å². The Labute approximate surface area is 237 Å². The van der Waals surface area contributed by atoms with Gasteiger partial charge in [-0.3, -0.25) is 19.2 Å². The molecule has 2 heterocycles. The lowest BCUT2D eigenvalue weighted by molar-refractivity contribution is -0.131. The number of rotatable bonds is 8. The quantitative estimate of drug-likeness (QED) is 0.437. The topological polar surface area (TPSA) is 115 Å². The Morgan fingerprint density at radius 1 is 1.17 bits per heavy atom. The number of carbonyl (C=O) groups excluding carboxylic acids is 3. The summed E-state index contributed by atoms with van der Waals surface area (Å²) in [5.41, 5.74) is 0.846. The third-order valence-corrected chi connectivity index (χ3v) is 6.08. The van der Waals surface area contributed by atoms with Crippen molar-refractivity contribution in [3.05, 3.63) is 66.2 Å². The molecule has 1 aliphatic heterocycles. The molecule has 1 N–H and O–H groups in total. The van der Waals surface area contributed by atoms with Crippen LogP contribution in [0.4, 0.5) is 20.6 Å². The molecular weight excluding hydrogens is 533 g/mol. The normalized spacial score (nSPS) is 14.5. The molecule has 11 nitrogen and oxygen atoms in total. The molecule has 0 radical (unpaired) electrons. The van der Waals surface area contributed by atoms with Crippen LogP contribution in [0.1, 0.15) is 26.3 Å². The molecule has 0 saturated carbocycles. The first kappa shape index (κ1) is 29.4. The zero-order valence-corrected chi connectivity index (χ0v) is 23.7. The van der Waals surface area contributed by atoms with Gasteiger partial charge in [0, 0.05) is 19.3 Å². The number of anilines is 2. The molecule has 4 rings (SSSR count). The van der Waals surface area contributed by atoms with Crippen LogP contribution in [0, 0.1) is 12.7 Å². The summed E-state index contributed by atoms with van der Waals surface area (Å²) in [6.07, 6.45) is 1.09. The average Bonchev–Trinajstić information content (AvgIpc) is 3.34. The first-order valence-electron chi connectivity index (χ1n) is 13.1. The van der Waals surface area contributed by atoms with Crippen molar-refractivity contribution >= 4 is 29.3 Å². The first-order valence-corrected chi connectivity index (χ1v) is 13.1. The van der Waals surface area contributed by atoms with Gasteiger partial charge in [0.25, 0.3) is 5.91 Å². The second kappa shape index (κ2) is 12.3. The predicted molar refractivity (Wildman–Crippen MR) is 150 cm³/mol. The van der Waals surface area contributed by atoms with Crippen LogP contribution in [0.3, 0.4) is 0 Å². The Morgan fingerprint density at radius 3 is 2.61 bits per heavy atom. The van der Waals surface area contributed by atoms with Gasteiger partial charge in [0.15, 0.2) is 6.10 Å². The Balaban J connectivity index is 1.33. The summed E-state index contributed by atoms with van der Waals surface area (Å²) in [5.74, 6) is -0.402. The van der Waals surface area contributed by atoms with Crippen molar-refractivity contribution in [3.63, 3.8) is 0 Å². The number of aromatic nitrogens is 2. The number of likely N-dealkylation sites (N-methyl/N-ethyl adjacent to an activating group) is 1. The van der Waals surface area contributed by atoms with Gasteiger partial charge in [0.05, 0.1) is 30.7 Å². The Morgan fingerprint density at radius 2 is 1.90 bits per heavy atom. The van der Waals surface area contributed by atoms with Gasteiger partial charge in [-0.2, -0.15) is 5.10 Å². The second-order valence-electron chi connectivity index (χ2n) is 10.7. The first-order chi connectivity index (χ1) is 19.4. The van der Waals surface area contributed by atoms with Crippen molar-refractivity contribution in [2.45, 2.75) is 45.9 Å². The number of ether oxygens (including phenoxy) is 3. The van der Waals surface area contributed by atoms with Crippen LogP contribution in [-0.2, 0) is 20.9 Å². The number of amides is 3. The summed E-state index contributed by atoms with van der Waals surface area (Å²) >= 11 is 0. The van der Waals surface area contributed by atoms with E-state index in [1.165, 1.54) is 39.0 Å². The summed E-state index contributed by atoms with van der Waals surface area (Å²) in [6.45, 7) is 7.61. The molecule has 12 heteroatoms. The maximum Gasteiger partial charge on any atom is 0.415 e. The fourth-order valence-electron chi connectivity index (χ4n) is 3.94. The summed E-state index contributed by atoms with van der Waals surface area (Å²) in [5, 5.41) is 6.85. The highest BCUT2D eigenvalue weighted by molar-refractivity contribution is 5.98. The number of hydrogen-bond acceptors (Lipinski definition) is 7. The number of hydrogen-bond donors (Lipinski definition) is 1. The fraction of sp³-hybridized carbons (Fsp3) is 0.379. The van der Waals surface area contributed by atoms with Crippen molar-refractivity contribution in [1.29, 1.82) is 0 Å². The molecule has 0 spiro atoms. The van der Waals surface area contributed by atoms with Crippen LogP contribution < -0.4 is 19.7 Å². The lowest BCUT2D eigenvalue weighted by atomic mass is 10.1. The van der Waals surface area contributed by atoms with E-state index in [0.717, 1.165) is 17.4 Å². The van der Waals surface area contributed by atoms with Crippen LogP contribution in [0.2, 0.25) is 0 Å². The van der Waals surface area contributed by atoms with Crippen molar-refractivity contribution in [1.82, 2.24) is 14.7 Å². The molecule has 2 aromatic carbocycles. The van der Waals surface area contributed by atoms with Crippen LogP contribution in [0.25, 0.3) is 0 Å². The van der Waals surface area contributed by atoms with E-state index in [2.05, 4.69) is 10.4 Å². The number of aryl methyl sites for hydroxylation is 1. The molecule has 3 amide bonds. The third-order valence-electron chi connectivity index (χ3n) is 6.08. The number of fused-ring (bicyclic) bond motifs is 1. The third kappa shape index (κ3) is 7.96. The predicted octanol–water partition coefficient (Wildman–Crippen LogP) is 4.01. The van der Waals surface area contributed by atoms with Crippen molar-refractivity contribution in [2.24, 2.45) is 0 Å². The molecule has 1 aromatic heterocycles. The number of benzene rings is 2. The average molecular weight is 568 g/mol. The number of carbonyl (C=O) groups is 3. The standard InChI is InChI=1S/C29H34FN5O6/c1-19-6-9-22(10-7-19)39-13-12-33(5)26(36)18-34-16-21(15-31-34)32-27(37)25-17-35(28(38)41-29(2,3)4)23-14-20(30)8-11-24(23)40-25/h6-11,14-16,25H,12-13,17-18H2,1-5H3,(H,32,37). The summed E-state index contributed by atoms with van der Waals surface area (Å²) in [6, 6.07) is 11.4. The molecular formula is C29H34FN5O6. The monoisotopic (exact) mass is 567 g/mol. The SMILES string of the molecule is Cc1ccc(OCCN(C)C(=O)Cn2cc(NC(=O)C3CN(C(=O)OC(C)(C)C)c4cc(F)ccc4O3)cn2)cc1. The maximum absolute atomic E-state index is 13.9. The van der Waals surface area contributed by atoms with Gasteiger partial charge in [-0.05, 0) is 52.0 Å². The Hall–Kier alpha value is -4.61. The molecule has 41 heavy (non-hydrogen) atoms. The number of nitrogens with zero attached hydrogens (tertiary/aromatic N) is 4. The van der Waals surface area contributed by atoms with Crippen LogP contribution in [-0.4, -0.2) is 71.0 Å². The zero-order valence-electron chi connectivity index (χ0n) is 23.7. The van der Waals surface area contributed by atoms with Gasteiger partial charge in [-0.15, -0.1) is 0 Å². The smallest absolute Gasteiger partial charge is 0.415 e. The molecule has 218 valence electrons. The van der Waals surface area contributed by atoms with Crippen LogP contribution in [0.5, 0.6) is 11.5 Å². The molecule has 3 aromatic rings. The molecule has 1 aliphatic rings. The highest BCUT2D eigenvalue weighted by Gasteiger charge is 2.36. The Kier molecular flexibility index (Phi) is 8.80. The van der Waals surface area contributed by atoms with Gasteiger partial charge in [-0.25, -0.2) is 9.18 Å². The number of halogens is 1. The van der Waals surface area contributed by atoms with Crippen molar-refractivity contribution in [2.75, 3.05) is 37.0 Å². The molecule has 0 aliphatic carbocycles. The minimum atomic E-state index is -1.11. The van der Waals surface area contributed by atoms with Crippen LogP contribution >= 0.6 is 0 Å². The maximum atomic E-state index is 13.9. The highest BCUT2D eigenvalue weighted by Crippen LogP contribution is 2.35. The van der Waals surface area contributed by atoms with Gasteiger partial charge >= 0.3 is 6.09 Å². The van der Waals surface area contributed by atoms with E-state index in [9.17, 15) is 18.8 Å². The molecule has 0 saturated heterocycles. The second-order valence-corrected chi connectivity index (χ2v) is 10.7. The van der Waals surface area contributed by atoms with E-state index < -0.39 is 29.5 Å². The van der Waals surface area contributed by atoms with Crippen molar-refractivity contribution in [3.8, 4) is 11.5 Å². The lowest BCUT2D eigenvalue weighted by Crippen LogP contribution is -2.50. The zero-order chi connectivity index (χ0) is 29.7. The summed E-state index contributed by atoms with van der Waals surface area (Å²) in [4.78, 5) is 41.3.